The fraction of sp³-hybridized carbons (Fsp3) is 0.341. The molecule has 0 aliphatic carbocycles. The molecular weight excluding hydrogens is 601 g/mol. The van der Waals surface area contributed by atoms with E-state index >= 15 is 0 Å². The molecule has 2 aliphatic rings. The van der Waals surface area contributed by atoms with Crippen molar-refractivity contribution in [1.29, 1.82) is 0 Å². The van der Waals surface area contributed by atoms with Crippen LogP contribution in [0.3, 0.4) is 0 Å². The Labute approximate surface area is 282 Å². The van der Waals surface area contributed by atoms with Crippen LogP contribution in [0, 0.1) is 0 Å². The molecule has 0 saturated carbocycles. The molecule has 3 heterocycles. The first-order chi connectivity index (χ1) is 23.1. The van der Waals surface area contributed by atoms with Gasteiger partial charge >= 0.3 is 0 Å². The number of methoxy groups -OCH3 is 1. The third-order valence-electron chi connectivity index (χ3n) is 9.69. The predicted molar refractivity (Wildman–Crippen MR) is 193 cm³/mol. The van der Waals surface area contributed by atoms with Crippen molar-refractivity contribution in [3.05, 3.63) is 125 Å². The largest absolute Gasteiger partial charge is 0.489 e. The molecule has 4 aromatic carbocycles. The number of thiophene rings is 1. The summed E-state index contributed by atoms with van der Waals surface area (Å²) in [5.74, 6) is 0.860. The van der Waals surface area contributed by atoms with Crippen molar-refractivity contribution < 1.29 is 14.3 Å². The van der Waals surface area contributed by atoms with E-state index in [-0.39, 0.29) is 12.0 Å². The van der Waals surface area contributed by atoms with Crippen molar-refractivity contribution in [2.24, 2.45) is 0 Å². The molecule has 2 fully saturated rings. The standard InChI is InChI=1S/C41H44N2O3S/c1-45-38(43-23-7-8-24-43)27-32-12-9-13-34(26-32)40(44)39-36-19-18-35(46-29-31-10-3-2-4-11-31)28-37(36)47-41(39)33-16-14-30(15-17-33)20-25-42-21-5-6-22-42/h2-4,9-19,26,28,38H,5-8,20-25,27,29H2,1H3. The highest BCUT2D eigenvalue weighted by molar-refractivity contribution is 7.22. The number of carbonyl (C=O) groups is 1. The van der Waals surface area contributed by atoms with Gasteiger partial charge in [-0.15, -0.1) is 11.3 Å². The topological polar surface area (TPSA) is 42.0 Å². The van der Waals surface area contributed by atoms with Crippen molar-refractivity contribution in [3.8, 4) is 16.2 Å². The van der Waals surface area contributed by atoms with Crippen LogP contribution in [0.4, 0.5) is 0 Å². The molecule has 2 aliphatic heterocycles. The number of hydrogen-bond acceptors (Lipinski definition) is 6. The van der Waals surface area contributed by atoms with Gasteiger partial charge in [0.1, 0.15) is 18.6 Å². The Morgan fingerprint density at radius 2 is 1.53 bits per heavy atom. The summed E-state index contributed by atoms with van der Waals surface area (Å²) >= 11 is 1.67. The predicted octanol–water partition coefficient (Wildman–Crippen LogP) is 8.63. The Bertz CT molecular complexity index is 1790. The first kappa shape index (κ1) is 31.8. The summed E-state index contributed by atoms with van der Waals surface area (Å²) in [5, 5.41) is 0.970. The van der Waals surface area contributed by atoms with Crippen molar-refractivity contribution in [2.75, 3.05) is 39.8 Å². The van der Waals surface area contributed by atoms with E-state index < -0.39 is 0 Å². The van der Waals surface area contributed by atoms with Gasteiger partial charge in [-0.2, -0.15) is 0 Å². The number of carbonyl (C=O) groups excluding carboxylic acids is 1. The van der Waals surface area contributed by atoms with Crippen LogP contribution in [0.5, 0.6) is 5.75 Å². The number of benzene rings is 4. The molecule has 1 unspecified atom stereocenters. The van der Waals surface area contributed by atoms with Gasteiger partial charge in [0.15, 0.2) is 5.78 Å². The van der Waals surface area contributed by atoms with Gasteiger partial charge in [0.05, 0.1) is 0 Å². The molecule has 5 aromatic rings. The number of hydrogen-bond donors (Lipinski definition) is 0. The van der Waals surface area contributed by atoms with Crippen molar-refractivity contribution in [3.63, 3.8) is 0 Å². The van der Waals surface area contributed by atoms with E-state index in [0.29, 0.717) is 12.2 Å². The van der Waals surface area contributed by atoms with Gasteiger partial charge < -0.3 is 14.4 Å². The van der Waals surface area contributed by atoms with E-state index in [1.165, 1.54) is 44.3 Å². The molecule has 2 saturated heterocycles. The quantitative estimate of drug-likeness (QED) is 0.120. The molecule has 0 amide bonds. The monoisotopic (exact) mass is 644 g/mol. The lowest BCUT2D eigenvalue weighted by Gasteiger charge is -2.26. The number of ketones is 1. The van der Waals surface area contributed by atoms with Gasteiger partial charge in [0.25, 0.3) is 0 Å². The van der Waals surface area contributed by atoms with Crippen LogP contribution in [-0.4, -0.2) is 61.6 Å². The molecule has 0 radical (unpaired) electrons. The highest BCUT2D eigenvalue weighted by atomic mass is 32.1. The third-order valence-corrected chi connectivity index (χ3v) is 10.9. The summed E-state index contributed by atoms with van der Waals surface area (Å²) in [4.78, 5) is 20.5. The Balaban J connectivity index is 1.19. The van der Waals surface area contributed by atoms with E-state index in [1.54, 1.807) is 18.4 Å². The van der Waals surface area contributed by atoms with Crippen LogP contribution < -0.4 is 4.74 Å². The summed E-state index contributed by atoms with van der Waals surface area (Å²) in [7, 11) is 1.79. The highest BCUT2D eigenvalue weighted by Crippen LogP contribution is 2.41. The van der Waals surface area contributed by atoms with Crippen LogP contribution in [0.15, 0.2) is 97.1 Å². The van der Waals surface area contributed by atoms with Crippen molar-refractivity contribution in [1.82, 2.24) is 9.80 Å². The normalized spacial score (nSPS) is 16.2. The molecule has 242 valence electrons. The number of nitrogens with zero attached hydrogens (tertiary/aromatic N) is 2. The number of rotatable bonds is 13. The molecule has 1 aromatic heterocycles. The maximum atomic E-state index is 14.5. The SMILES string of the molecule is COC(Cc1cccc(C(=O)c2c(-c3ccc(CCN4CCCC4)cc3)sc3cc(OCc4ccccc4)ccc23)c1)N1CCCC1. The second kappa shape index (κ2) is 15.0. The van der Waals surface area contributed by atoms with Crippen molar-refractivity contribution in [2.45, 2.75) is 51.4 Å². The minimum atomic E-state index is 0.0266. The molecule has 0 bridgehead atoms. The molecule has 0 N–H and O–H groups in total. The zero-order chi connectivity index (χ0) is 32.0. The summed E-state index contributed by atoms with van der Waals surface area (Å²) in [6.07, 6.45) is 6.89. The Hall–Kier alpha value is -3.81. The molecule has 0 spiro atoms. The van der Waals surface area contributed by atoms with Gasteiger partial charge in [-0.1, -0.05) is 72.8 Å². The van der Waals surface area contributed by atoms with Gasteiger partial charge in [-0.25, -0.2) is 0 Å². The summed E-state index contributed by atoms with van der Waals surface area (Å²) in [5.41, 5.74) is 6.14. The maximum Gasteiger partial charge on any atom is 0.195 e. The molecule has 7 rings (SSSR count). The van der Waals surface area contributed by atoms with Gasteiger partial charge in [0, 0.05) is 59.3 Å². The Kier molecular flexibility index (Phi) is 10.1. The van der Waals surface area contributed by atoms with E-state index in [9.17, 15) is 4.79 Å². The van der Waals surface area contributed by atoms with Crippen molar-refractivity contribution >= 4 is 27.2 Å². The summed E-state index contributed by atoms with van der Waals surface area (Å²) in [6.45, 7) is 6.17. The fourth-order valence-corrected chi connectivity index (χ4v) is 8.26. The average molecular weight is 645 g/mol. The average Bonchev–Trinajstić information content (AvgIpc) is 3.91. The van der Waals surface area contributed by atoms with Gasteiger partial charge in [-0.3, -0.25) is 9.69 Å². The van der Waals surface area contributed by atoms with E-state index in [2.05, 4.69) is 70.5 Å². The first-order valence-electron chi connectivity index (χ1n) is 17.1. The molecule has 1 atom stereocenters. The van der Waals surface area contributed by atoms with E-state index in [1.807, 2.05) is 36.4 Å². The van der Waals surface area contributed by atoms with Crippen LogP contribution in [-0.2, 0) is 24.2 Å². The maximum absolute atomic E-state index is 14.5. The van der Waals surface area contributed by atoms with Crippen LogP contribution >= 0.6 is 11.3 Å². The first-order valence-corrected chi connectivity index (χ1v) is 17.9. The molecule has 6 heteroatoms. The lowest BCUT2D eigenvalue weighted by atomic mass is 9.95. The molecular formula is C41H44N2O3S. The summed E-state index contributed by atoms with van der Waals surface area (Å²) in [6, 6.07) is 33.4. The fourth-order valence-electron chi connectivity index (χ4n) is 7.03. The number of likely N-dealkylation sites (tertiary alicyclic amines) is 2. The van der Waals surface area contributed by atoms with E-state index in [0.717, 1.165) is 75.4 Å². The zero-order valence-corrected chi connectivity index (χ0v) is 28.1. The second-order valence-corrected chi connectivity index (χ2v) is 14.0. The molecule has 5 nitrogen and oxygen atoms in total. The Morgan fingerprint density at radius 3 is 2.30 bits per heavy atom. The highest BCUT2D eigenvalue weighted by Gasteiger charge is 2.25. The third kappa shape index (κ3) is 7.52. The summed E-state index contributed by atoms with van der Waals surface area (Å²) < 4.78 is 13.1. The Morgan fingerprint density at radius 1 is 0.787 bits per heavy atom. The number of fused-ring (bicyclic) bond motifs is 1. The lowest BCUT2D eigenvalue weighted by Crippen LogP contribution is -2.35. The molecule has 47 heavy (non-hydrogen) atoms. The van der Waals surface area contributed by atoms with Gasteiger partial charge in [-0.05, 0) is 91.7 Å². The minimum Gasteiger partial charge on any atom is -0.489 e. The zero-order valence-electron chi connectivity index (χ0n) is 27.3. The number of ether oxygens (including phenoxy) is 2. The van der Waals surface area contributed by atoms with Crippen LogP contribution in [0.2, 0.25) is 0 Å². The minimum absolute atomic E-state index is 0.0266. The van der Waals surface area contributed by atoms with E-state index in [4.69, 9.17) is 9.47 Å². The van der Waals surface area contributed by atoms with Gasteiger partial charge in [0.2, 0.25) is 0 Å². The van der Waals surface area contributed by atoms with Crippen LogP contribution in [0.25, 0.3) is 20.5 Å². The lowest BCUT2D eigenvalue weighted by molar-refractivity contribution is -0.0184. The second-order valence-electron chi connectivity index (χ2n) is 12.9. The smallest absolute Gasteiger partial charge is 0.195 e. The van der Waals surface area contributed by atoms with Crippen LogP contribution in [0.1, 0.15) is 58.3 Å².